The van der Waals surface area contributed by atoms with Gasteiger partial charge in [-0.1, -0.05) is 18.2 Å². The normalized spacial score (nSPS) is 11.5. The summed E-state index contributed by atoms with van der Waals surface area (Å²) in [4.78, 5) is 51.8. The zero-order valence-electron chi connectivity index (χ0n) is 25.2. The number of nitrogen functional groups attached to an aromatic ring is 1. The van der Waals surface area contributed by atoms with E-state index in [0.29, 0.717) is 10.1 Å². The summed E-state index contributed by atoms with van der Waals surface area (Å²) in [5, 5.41) is 22.1. The molecule has 0 atom stereocenters. The lowest BCUT2D eigenvalue weighted by Crippen LogP contribution is -2.38. The number of hydroxylamine groups is 1. The van der Waals surface area contributed by atoms with Crippen LogP contribution in [0.4, 0.5) is 39.3 Å². The second kappa shape index (κ2) is 13.7. The molecule has 0 aliphatic rings. The molecule has 5 N–H and O–H groups in total. The summed E-state index contributed by atoms with van der Waals surface area (Å²) in [6.07, 6.45) is -5.49. The zero-order chi connectivity index (χ0) is 35.6. The molecule has 0 bridgehead atoms. The summed E-state index contributed by atoms with van der Waals surface area (Å²) in [6.45, 7) is 0.330. The van der Waals surface area contributed by atoms with Gasteiger partial charge >= 0.3 is 12.1 Å². The van der Waals surface area contributed by atoms with Crippen LogP contribution in [-0.4, -0.2) is 62.1 Å². The van der Waals surface area contributed by atoms with Crippen LogP contribution in [0.1, 0.15) is 15.9 Å². The molecule has 5 aromatic rings. The third kappa shape index (κ3) is 7.02. The van der Waals surface area contributed by atoms with Gasteiger partial charge in [0.25, 0.3) is 11.5 Å². The Balaban J connectivity index is 1.79. The minimum absolute atomic E-state index is 0.00130. The summed E-state index contributed by atoms with van der Waals surface area (Å²) < 4.78 is 70.7. The van der Waals surface area contributed by atoms with E-state index >= 15 is 8.78 Å². The molecule has 49 heavy (non-hydrogen) atoms. The largest absolute Gasteiger partial charge is 0.493 e. The summed E-state index contributed by atoms with van der Waals surface area (Å²) in [6, 6.07) is 13.0. The molecule has 0 aliphatic heterocycles. The average Bonchev–Trinajstić information content (AvgIpc) is 3.06. The Hall–Kier alpha value is -5.94. The van der Waals surface area contributed by atoms with Crippen LogP contribution in [0.5, 0.6) is 0 Å². The number of benzene rings is 3. The van der Waals surface area contributed by atoms with Gasteiger partial charge in [0, 0.05) is 28.3 Å². The second-order valence-corrected chi connectivity index (χ2v) is 10.5. The highest BCUT2D eigenvalue weighted by Crippen LogP contribution is 2.34. The van der Waals surface area contributed by atoms with Crippen molar-refractivity contribution in [3.63, 3.8) is 0 Å². The van der Waals surface area contributed by atoms with Crippen LogP contribution in [-0.2, 0) is 9.63 Å². The molecule has 12 nitrogen and oxygen atoms in total. The number of hydrogen-bond donors (Lipinski definition) is 4. The molecule has 0 fully saturated rings. The van der Waals surface area contributed by atoms with Crippen LogP contribution in [0.2, 0.25) is 0 Å². The molecule has 17 heteroatoms. The monoisotopic (exact) mass is 684 g/mol. The number of hydrogen-bond acceptors (Lipinski definition) is 10. The molecule has 1 amide bonds. The standard InChI is InChI=1S/C32H25F5N6O6/c1-16-8-9-20(43(49-30(48)32(35,36)37)29(47)17-4-2-5-18(38)12-17)13-22(16)26-21-10-11-25(46)42(27-23(33)6-3-7-24(27)34)28(21)41-31(40-26)39-19(14-44)15-45/h2-13,19,44-45H,14-15,38H2,1H3,(H,39,40,41). The lowest BCUT2D eigenvalue weighted by molar-refractivity contribution is -0.199. The summed E-state index contributed by atoms with van der Waals surface area (Å²) in [5.41, 5.74) is 3.56. The van der Waals surface area contributed by atoms with E-state index in [1.165, 1.54) is 36.4 Å². The van der Waals surface area contributed by atoms with Gasteiger partial charge in [-0.05, 0) is 61.0 Å². The maximum atomic E-state index is 15.0. The van der Waals surface area contributed by atoms with E-state index in [1.807, 2.05) is 0 Å². The highest BCUT2D eigenvalue weighted by atomic mass is 19.4. The maximum Gasteiger partial charge on any atom is 0.493 e. The number of aryl methyl sites for hydroxylation is 1. The minimum atomic E-state index is -5.49. The van der Waals surface area contributed by atoms with Gasteiger partial charge in [-0.15, -0.1) is 5.06 Å². The first kappa shape index (κ1) is 34.4. The fourth-order valence-electron chi connectivity index (χ4n) is 4.76. The Morgan fingerprint density at radius 3 is 2.29 bits per heavy atom. The van der Waals surface area contributed by atoms with Gasteiger partial charge in [-0.3, -0.25) is 14.2 Å². The molecule has 0 spiro atoms. The number of aliphatic hydroxyl groups is 2. The molecule has 2 aromatic heterocycles. The van der Waals surface area contributed by atoms with Crippen molar-refractivity contribution in [3.05, 3.63) is 106 Å². The predicted molar refractivity (Wildman–Crippen MR) is 167 cm³/mol. The number of carbonyl (C=O) groups is 2. The highest BCUT2D eigenvalue weighted by molar-refractivity contribution is 6.07. The van der Waals surface area contributed by atoms with Crippen LogP contribution in [0.25, 0.3) is 28.0 Å². The molecule has 0 radical (unpaired) electrons. The van der Waals surface area contributed by atoms with Gasteiger partial charge in [0.1, 0.15) is 17.3 Å². The number of nitrogens with one attached hydrogen (secondary N) is 1. The van der Waals surface area contributed by atoms with E-state index in [1.54, 1.807) is 6.92 Å². The van der Waals surface area contributed by atoms with E-state index in [-0.39, 0.29) is 50.2 Å². The van der Waals surface area contributed by atoms with Gasteiger partial charge in [0.15, 0.2) is 5.65 Å². The van der Waals surface area contributed by atoms with E-state index in [9.17, 15) is 37.8 Å². The Morgan fingerprint density at radius 2 is 1.65 bits per heavy atom. The minimum Gasteiger partial charge on any atom is -0.399 e. The van der Waals surface area contributed by atoms with Crippen LogP contribution in [0, 0.1) is 18.6 Å². The van der Waals surface area contributed by atoms with Crippen molar-refractivity contribution in [3.8, 4) is 16.9 Å². The van der Waals surface area contributed by atoms with Crippen molar-refractivity contribution in [2.75, 3.05) is 29.3 Å². The third-order valence-corrected chi connectivity index (χ3v) is 7.12. The SMILES string of the molecule is Cc1ccc(N(OC(=O)C(F)(F)F)C(=O)c2cccc(N)c2)cc1-c1nc(NC(CO)CO)nc2c1ccc(=O)n2-c1c(F)cccc1F. The average molecular weight is 685 g/mol. The van der Waals surface area contributed by atoms with Crippen molar-refractivity contribution in [1.29, 1.82) is 0 Å². The number of halogens is 5. The van der Waals surface area contributed by atoms with Gasteiger partial charge in [-0.25, -0.2) is 18.6 Å². The van der Waals surface area contributed by atoms with Crippen molar-refractivity contribution in [2.45, 2.75) is 19.1 Å². The number of rotatable bonds is 8. The maximum absolute atomic E-state index is 15.0. The van der Waals surface area contributed by atoms with E-state index in [2.05, 4.69) is 20.1 Å². The molecular formula is C32H25F5N6O6. The first-order valence-electron chi connectivity index (χ1n) is 14.2. The van der Waals surface area contributed by atoms with Gasteiger partial charge in [0.05, 0.1) is 30.6 Å². The fourth-order valence-corrected chi connectivity index (χ4v) is 4.76. The van der Waals surface area contributed by atoms with Crippen LogP contribution >= 0.6 is 0 Å². The molecule has 254 valence electrons. The van der Waals surface area contributed by atoms with Crippen molar-refractivity contribution >= 4 is 40.2 Å². The number of anilines is 3. The second-order valence-electron chi connectivity index (χ2n) is 10.5. The number of aromatic nitrogens is 3. The Kier molecular flexibility index (Phi) is 9.59. The topological polar surface area (TPSA) is 173 Å². The van der Waals surface area contributed by atoms with E-state index in [0.717, 1.165) is 36.4 Å². The van der Waals surface area contributed by atoms with Crippen LogP contribution < -0.4 is 21.7 Å². The number of alkyl halides is 3. The van der Waals surface area contributed by atoms with Gasteiger partial charge < -0.3 is 26.1 Å². The zero-order valence-corrected chi connectivity index (χ0v) is 25.2. The Morgan fingerprint density at radius 1 is 0.980 bits per heavy atom. The number of amides is 1. The quantitative estimate of drug-likeness (QED) is 0.106. The van der Waals surface area contributed by atoms with Crippen LogP contribution in [0.15, 0.2) is 77.6 Å². The van der Waals surface area contributed by atoms with E-state index in [4.69, 9.17) is 5.73 Å². The highest BCUT2D eigenvalue weighted by Gasteiger charge is 2.44. The van der Waals surface area contributed by atoms with Gasteiger partial charge in [0.2, 0.25) is 5.95 Å². The summed E-state index contributed by atoms with van der Waals surface area (Å²) in [5.74, 6) is -6.48. The third-order valence-electron chi connectivity index (χ3n) is 7.12. The van der Waals surface area contributed by atoms with Gasteiger partial charge in [-0.2, -0.15) is 18.2 Å². The smallest absolute Gasteiger partial charge is 0.399 e. The molecule has 5 rings (SSSR count). The van der Waals surface area contributed by atoms with Crippen molar-refractivity contribution in [1.82, 2.24) is 14.5 Å². The van der Waals surface area contributed by atoms with Crippen LogP contribution in [0.3, 0.4) is 0 Å². The lowest BCUT2D eigenvalue weighted by atomic mass is 10.0. The molecule has 3 aromatic carbocycles. The lowest BCUT2D eigenvalue weighted by Gasteiger charge is -2.23. The number of para-hydroxylation sites is 1. The Bertz CT molecular complexity index is 2120. The Labute approximate surface area is 272 Å². The first-order chi connectivity index (χ1) is 23.2. The number of nitrogens with two attached hydrogens (primary N) is 1. The molecule has 0 saturated heterocycles. The fraction of sp³-hybridized carbons (Fsp3) is 0.156. The molecule has 0 saturated carbocycles. The summed E-state index contributed by atoms with van der Waals surface area (Å²) >= 11 is 0. The molecule has 0 unspecified atom stereocenters. The van der Waals surface area contributed by atoms with Crippen molar-refractivity contribution in [2.24, 2.45) is 0 Å². The molecule has 0 aliphatic carbocycles. The number of aliphatic hydroxyl groups excluding tert-OH is 2. The van der Waals surface area contributed by atoms with E-state index < -0.39 is 60.2 Å². The number of fused-ring (bicyclic) bond motifs is 1. The summed E-state index contributed by atoms with van der Waals surface area (Å²) in [7, 11) is 0. The predicted octanol–water partition coefficient (Wildman–Crippen LogP) is 4.05. The first-order valence-corrected chi connectivity index (χ1v) is 14.2. The number of carbonyl (C=O) groups excluding carboxylic acids is 2. The number of pyridine rings is 1. The molecular weight excluding hydrogens is 659 g/mol. The van der Waals surface area contributed by atoms with Crippen molar-refractivity contribution < 1.29 is 46.6 Å². The number of nitrogens with zero attached hydrogens (tertiary/aromatic N) is 4. The molecule has 2 heterocycles.